The number of furan rings is 2. The maximum absolute atomic E-state index is 12.0. The number of amides is 1. The predicted octanol–water partition coefficient (Wildman–Crippen LogP) is 3.94. The first kappa shape index (κ1) is 14.4. The summed E-state index contributed by atoms with van der Waals surface area (Å²) in [7, 11) is 0. The molecule has 112 valence electrons. The van der Waals surface area contributed by atoms with Gasteiger partial charge < -0.3 is 19.3 Å². The van der Waals surface area contributed by atoms with Crippen molar-refractivity contribution in [3.05, 3.63) is 65.3 Å². The van der Waals surface area contributed by atoms with Crippen molar-refractivity contribution in [2.45, 2.75) is 6.61 Å². The van der Waals surface area contributed by atoms with Crippen LogP contribution in [0.2, 0.25) is 5.02 Å². The number of hydrogen-bond donors (Lipinski definition) is 2. The van der Waals surface area contributed by atoms with Gasteiger partial charge in [0.05, 0.1) is 11.3 Å². The van der Waals surface area contributed by atoms with E-state index < -0.39 is 0 Å². The van der Waals surface area contributed by atoms with Crippen molar-refractivity contribution in [2.24, 2.45) is 0 Å². The van der Waals surface area contributed by atoms with Crippen LogP contribution >= 0.6 is 11.6 Å². The van der Waals surface area contributed by atoms with Crippen molar-refractivity contribution >= 4 is 23.2 Å². The first-order valence-electron chi connectivity index (χ1n) is 6.52. The lowest BCUT2D eigenvalue weighted by molar-refractivity contribution is 0.0996. The topological polar surface area (TPSA) is 75.6 Å². The Hall–Kier alpha value is -2.50. The fourth-order valence-corrected chi connectivity index (χ4v) is 2.21. The summed E-state index contributed by atoms with van der Waals surface area (Å²) in [5, 5.41) is 12.3. The molecule has 1 aromatic carbocycles. The van der Waals surface area contributed by atoms with E-state index in [0.717, 1.165) is 0 Å². The van der Waals surface area contributed by atoms with Gasteiger partial charge in [-0.15, -0.1) is 0 Å². The zero-order valence-corrected chi connectivity index (χ0v) is 12.1. The number of anilines is 1. The van der Waals surface area contributed by atoms with E-state index in [2.05, 4.69) is 5.32 Å². The van der Waals surface area contributed by atoms with Crippen LogP contribution in [0.3, 0.4) is 0 Å². The van der Waals surface area contributed by atoms with E-state index in [1.165, 1.54) is 6.26 Å². The SMILES string of the molecule is O=C(Nc1ccc(Cl)c(-c2ccc(CO)o2)c1)c1ccco1. The van der Waals surface area contributed by atoms with Gasteiger partial charge in [0.25, 0.3) is 5.91 Å². The first-order valence-corrected chi connectivity index (χ1v) is 6.89. The van der Waals surface area contributed by atoms with Crippen molar-refractivity contribution in [2.75, 3.05) is 5.32 Å². The van der Waals surface area contributed by atoms with Crippen molar-refractivity contribution in [1.29, 1.82) is 0 Å². The van der Waals surface area contributed by atoms with Gasteiger partial charge in [-0.25, -0.2) is 0 Å². The minimum absolute atomic E-state index is 0.188. The van der Waals surface area contributed by atoms with E-state index in [1.807, 2.05) is 0 Å². The number of halogens is 1. The highest BCUT2D eigenvalue weighted by Gasteiger charge is 2.13. The molecule has 0 aliphatic heterocycles. The van der Waals surface area contributed by atoms with Crippen molar-refractivity contribution in [3.63, 3.8) is 0 Å². The molecule has 0 aliphatic rings. The molecule has 0 atom stereocenters. The van der Waals surface area contributed by atoms with Crippen LogP contribution in [0.5, 0.6) is 0 Å². The molecular weight excluding hydrogens is 306 g/mol. The summed E-state index contributed by atoms with van der Waals surface area (Å²) in [5.41, 5.74) is 1.18. The maximum atomic E-state index is 12.0. The number of aliphatic hydroxyl groups is 1. The monoisotopic (exact) mass is 317 g/mol. The minimum atomic E-state index is -0.353. The largest absolute Gasteiger partial charge is 0.459 e. The first-order chi connectivity index (χ1) is 10.7. The molecule has 0 unspecified atom stereocenters. The van der Waals surface area contributed by atoms with Crippen LogP contribution in [-0.4, -0.2) is 11.0 Å². The normalized spacial score (nSPS) is 10.6. The number of rotatable bonds is 4. The summed E-state index contributed by atoms with van der Waals surface area (Å²) in [6.45, 7) is -0.188. The molecule has 0 aliphatic carbocycles. The van der Waals surface area contributed by atoms with Crippen LogP contribution in [-0.2, 0) is 6.61 Å². The van der Waals surface area contributed by atoms with E-state index in [0.29, 0.717) is 27.8 Å². The Kier molecular flexibility index (Phi) is 4.00. The van der Waals surface area contributed by atoms with Gasteiger partial charge in [0.1, 0.15) is 18.1 Å². The van der Waals surface area contributed by atoms with Crippen LogP contribution in [0.1, 0.15) is 16.3 Å². The molecule has 0 fully saturated rings. The second-order valence-electron chi connectivity index (χ2n) is 4.55. The van der Waals surface area contributed by atoms with Gasteiger partial charge in [0, 0.05) is 11.3 Å². The Labute approximate surface area is 131 Å². The summed E-state index contributed by atoms with van der Waals surface area (Å²) >= 11 is 6.17. The van der Waals surface area contributed by atoms with E-state index in [1.54, 1.807) is 42.5 Å². The van der Waals surface area contributed by atoms with Gasteiger partial charge in [-0.05, 0) is 42.5 Å². The fourth-order valence-electron chi connectivity index (χ4n) is 2.00. The molecule has 0 bridgehead atoms. The third-order valence-electron chi connectivity index (χ3n) is 3.05. The third kappa shape index (κ3) is 2.90. The third-order valence-corrected chi connectivity index (χ3v) is 3.38. The molecule has 5 nitrogen and oxygen atoms in total. The molecule has 22 heavy (non-hydrogen) atoms. The standard InChI is InChI=1S/C16H12ClNO4/c17-13-5-3-10(18-16(20)15-2-1-7-21-15)8-12(13)14-6-4-11(9-19)22-14/h1-8,19H,9H2,(H,18,20). The van der Waals surface area contributed by atoms with E-state index in [4.69, 9.17) is 25.5 Å². The second kappa shape index (κ2) is 6.09. The smallest absolute Gasteiger partial charge is 0.291 e. The van der Waals surface area contributed by atoms with Crippen molar-refractivity contribution < 1.29 is 18.7 Å². The summed E-state index contributed by atoms with van der Waals surface area (Å²) in [6.07, 6.45) is 1.43. The molecule has 3 aromatic rings. The molecule has 2 heterocycles. The Balaban J connectivity index is 1.88. The molecule has 6 heteroatoms. The van der Waals surface area contributed by atoms with Crippen LogP contribution in [0.4, 0.5) is 5.69 Å². The molecular formula is C16H12ClNO4. The Morgan fingerprint density at radius 3 is 2.77 bits per heavy atom. The summed E-state index contributed by atoms with van der Waals surface area (Å²) in [6, 6.07) is 11.6. The molecule has 0 radical (unpaired) electrons. The van der Waals surface area contributed by atoms with Gasteiger partial charge in [-0.3, -0.25) is 4.79 Å². The second-order valence-corrected chi connectivity index (χ2v) is 4.96. The van der Waals surface area contributed by atoms with Crippen molar-refractivity contribution in [3.8, 4) is 11.3 Å². The molecule has 0 saturated carbocycles. The average Bonchev–Trinajstić information content (AvgIpc) is 3.20. The lowest BCUT2D eigenvalue weighted by Crippen LogP contribution is -2.10. The highest BCUT2D eigenvalue weighted by molar-refractivity contribution is 6.33. The van der Waals surface area contributed by atoms with Gasteiger partial charge in [-0.2, -0.15) is 0 Å². The average molecular weight is 318 g/mol. The fraction of sp³-hybridized carbons (Fsp3) is 0.0625. The summed E-state index contributed by atoms with van der Waals surface area (Å²) in [5.74, 6) is 0.824. The van der Waals surface area contributed by atoms with Gasteiger partial charge in [0.15, 0.2) is 5.76 Å². The Morgan fingerprint density at radius 2 is 2.09 bits per heavy atom. The van der Waals surface area contributed by atoms with Gasteiger partial charge >= 0.3 is 0 Å². The number of carbonyl (C=O) groups excluding carboxylic acids is 1. The minimum Gasteiger partial charge on any atom is -0.459 e. The zero-order chi connectivity index (χ0) is 15.5. The zero-order valence-electron chi connectivity index (χ0n) is 11.4. The van der Waals surface area contributed by atoms with Crippen LogP contribution in [0.25, 0.3) is 11.3 Å². The molecule has 0 spiro atoms. The lowest BCUT2D eigenvalue weighted by Gasteiger charge is -2.07. The lowest BCUT2D eigenvalue weighted by atomic mass is 10.1. The Bertz CT molecular complexity index is 792. The number of benzene rings is 1. The quantitative estimate of drug-likeness (QED) is 0.764. The molecule has 3 rings (SSSR count). The number of hydrogen-bond acceptors (Lipinski definition) is 4. The van der Waals surface area contributed by atoms with Crippen molar-refractivity contribution in [1.82, 2.24) is 0 Å². The summed E-state index contributed by atoms with van der Waals surface area (Å²) < 4.78 is 10.5. The number of aliphatic hydroxyl groups excluding tert-OH is 1. The molecule has 2 N–H and O–H groups in total. The molecule has 2 aromatic heterocycles. The van der Waals surface area contributed by atoms with E-state index >= 15 is 0 Å². The Morgan fingerprint density at radius 1 is 1.23 bits per heavy atom. The van der Waals surface area contributed by atoms with Crippen LogP contribution in [0, 0.1) is 0 Å². The molecule has 0 saturated heterocycles. The van der Waals surface area contributed by atoms with Gasteiger partial charge in [-0.1, -0.05) is 11.6 Å². The highest BCUT2D eigenvalue weighted by atomic mass is 35.5. The maximum Gasteiger partial charge on any atom is 0.291 e. The predicted molar refractivity (Wildman–Crippen MR) is 81.7 cm³/mol. The number of carbonyl (C=O) groups is 1. The summed E-state index contributed by atoms with van der Waals surface area (Å²) in [4.78, 5) is 12.0. The van der Waals surface area contributed by atoms with E-state index in [-0.39, 0.29) is 18.3 Å². The highest BCUT2D eigenvalue weighted by Crippen LogP contribution is 2.32. The number of nitrogens with one attached hydrogen (secondary N) is 1. The van der Waals surface area contributed by atoms with Gasteiger partial charge in [0.2, 0.25) is 0 Å². The van der Waals surface area contributed by atoms with E-state index in [9.17, 15) is 4.79 Å². The van der Waals surface area contributed by atoms with Crippen LogP contribution < -0.4 is 5.32 Å². The molecule has 1 amide bonds. The van der Waals surface area contributed by atoms with Crippen LogP contribution in [0.15, 0.2) is 57.6 Å².